The van der Waals surface area contributed by atoms with Crippen molar-refractivity contribution in [3.05, 3.63) is 63.6 Å². The molecule has 0 aliphatic carbocycles. The lowest BCUT2D eigenvalue weighted by atomic mass is 10.1. The Morgan fingerprint density at radius 1 is 1.10 bits per heavy atom. The molecule has 2 rings (SSSR count). The van der Waals surface area contributed by atoms with Crippen LogP contribution in [0, 0.1) is 0 Å². The fourth-order valence-electron chi connectivity index (χ4n) is 1.80. The average molecular weight is 309 g/mol. The molecule has 0 saturated carbocycles. The quantitative estimate of drug-likeness (QED) is 0.897. The van der Waals surface area contributed by atoms with Gasteiger partial charge in [-0.2, -0.15) is 0 Å². The summed E-state index contributed by atoms with van der Waals surface area (Å²) in [6.45, 7) is 0.747. The van der Waals surface area contributed by atoms with Crippen LogP contribution in [0.2, 0.25) is 10.0 Å². The second kappa shape index (κ2) is 6.75. The Balaban J connectivity index is 2.14. The van der Waals surface area contributed by atoms with Crippen LogP contribution in [-0.4, -0.2) is 13.0 Å². The molecule has 5 heteroatoms. The van der Waals surface area contributed by atoms with E-state index in [1.807, 2.05) is 31.3 Å². The first-order valence-corrected chi connectivity index (χ1v) is 6.85. The van der Waals surface area contributed by atoms with E-state index in [0.29, 0.717) is 15.6 Å². The maximum absolute atomic E-state index is 12.1. The summed E-state index contributed by atoms with van der Waals surface area (Å²) < 4.78 is 0. The lowest BCUT2D eigenvalue weighted by Gasteiger charge is -2.08. The van der Waals surface area contributed by atoms with Gasteiger partial charge in [0.15, 0.2) is 0 Å². The highest BCUT2D eigenvalue weighted by molar-refractivity contribution is 6.42. The number of halogens is 2. The average Bonchev–Trinajstić information content (AvgIpc) is 2.42. The van der Waals surface area contributed by atoms with Gasteiger partial charge < -0.3 is 10.6 Å². The second-order valence-corrected chi connectivity index (χ2v) is 5.13. The van der Waals surface area contributed by atoms with E-state index in [4.69, 9.17) is 23.2 Å². The van der Waals surface area contributed by atoms with Crippen LogP contribution in [0.4, 0.5) is 5.69 Å². The zero-order chi connectivity index (χ0) is 14.5. The predicted octanol–water partition coefficient (Wildman–Crippen LogP) is 3.97. The first-order valence-electron chi connectivity index (χ1n) is 6.10. The summed E-state index contributed by atoms with van der Waals surface area (Å²) in [5, 5.41) is 6.69. The summed E-state index contributed by atoms with van der Waals surface area (Å²) in [6.07, 6.45) is 0. The highest BCUT2D eigenvalue weighted by Crippen LogP contribution is 2.23. The zero-order valence-electron chi connectivity index (χ0n) is 10.9. The smallest absolute Gasteiger partial charge is 0.255 e. The number of carbonyl (C=O) groups excluding carboxylic acids is 1. The molecule has 0 atom stereocenters. The molecule has 0 bridgehead atoms. The number of nitrogens with one attached hydrogen (secondary N) is 2. The molecule has 0 saturated heterocycles. The molecule has 0 unspecified atom stereocenters. The van der Waals surface area contributed by atoms with Crippen LogP contribution in [0.25, 0.3) is 0 Å². The standard InChI is InChI=1S/C15H14Cl2N2O/c1-18-9-10-3-2-4-12(7-10)19-15(20)11-5-6-13(16)14(17)8-11/h2-8,18H,9H2,1H3,(H,19,20). The third kappa shape index (κ3) is 3.73. The Kier molecular flexibility index (Phi) is 5.01. The molecule has 0 aromatic heterocycles. The van der Waals surface area contributed by atoms with Crippen molar-refractivity contribution in [3.63, 3.8) is 0 Å². The first kappa shape index (κ1) is 14.9. The van der Waals surface area contributed by atoms with Crippen molar-refractivity contribution in [1.82, 2.24) is 5.32 Å². The fraction of sp³-hybridized carbons (Fsp3) is 0.133. The van der Waals surface area contributed by atoms with Gasteiger partial charge in [0.25, 0.3) is 5.91 Å². The third-order valence-corrected chi connectivity index (χ3v) is 3.49. The number of hydrogen-bond donors (Lipinski definition) is 2. The Hall–Kier alpha value is -1.55. The monoisotopic (exact) mass is 308 g/mol. The third-order valence-electron chi connectivity index (χ3n) is 2.75. The molecule has 0 spiro atoms. The number of hydrogen-bond acceptors (Lipinski definition) is 2. The fourth-order valence-corrected chi connectivity index (χ4v) is 2.10. The molecule has 104 valence electrons. The van der Waals surface area contributed by atoms with Gasteiger partial charge >= 0.3 is 0 Å². The van der Waals surface area contributed by atoms with Crippen molar-refractivity contribution in [3.8, 4) is 0 Å². The Labute approximate surface area is 127 Å². The topological polar surface area (TPSA) is 41.1 Å². The molecule has 3 nitrogen and oxygen atoms in total. The van der Waals surface area contributed by atoms with Gasteiger partial charge in [0, 0.05) is 17.8 Å². The van der Waals surface area contributed by atoms with Gasteiger partial charge in [0.2, 0.25) is 0 Å². The van der Waals surface area contributed by atoms with Gasteiger partial charge in [0.1, 0.15) is 0 Å². The van der Waals surface area contributed by atoms with Crippen molar-refractivity contribution in [2.75, 3.05) is 12.4 Å². The van der Waals surface area contributed by atoms with Crippen LogP contribution in [0.5, 0.6) is 0 Å². The van der Waals surface area contributed by atoms with E-state index in [1.165, 1.54) is 0 Å². The van der Waals surface area contributed by atoms with E-state index in [0.717, 1.165) is 17.8 Å². The van der Waals surface area contributed by atoms with Crippen molar-refractivity contribution in [1.29, 1.82) is 0 Å². The molecule has 20 heavy (non-hydrogen) atoms. The molecule has 2 aromatic rings. The van der Waals surface area contributed by atoms with Crippen molar-refractivity contribution in [2.45, 2.75) is 6.54 Å². The Bertz CT molecular complexity index is 629. The summed E-state index contributed by atoms with van der Waals surface area (Å²) in [7, 11) is 1.88. The van der Waals surface area contributed by atoms with Crippen molar-refractivity contribution < 1.29 is 4.79 Å². The first-order chi connectivity index (χ1) is 9.60. The minimum Gasteiger partial charge on any atom is -0.322 e. The minimum absolute atomic E-state index is 0.217. The van der Waals surface area contributed by atoms with E-state index >= 15 is 0 Å². The Morgan fingerprint density at radius 3 is 2.60 bits per heavy atom. The molecule has 0 radical (unpaired) electrons. The number of anilines is 1. The van der Waals surface area contributed by atoms with E-state index in [9.17, 15) is 4.79 Å². The molecular formula is C15H14Cl2N2O. The maximum Gasteiger partial charge on any atom is 0.255 e. The van der Waals surface area contributed by atoms with Crippen LogP contribution >= 0.6 is 23.2 Å². The van der Waals surface area contributed by atoms with Gasteiger partial charge in [-0.1, -0.05) is 35.3 Å². The number of benzene rings is 2. The summed E-state index contributed by atoms with van der Waals surface area (Å²) in [4.78, 5) is 12.1. The van der Waals surface area contributed by atoms with Crippen LogP contribution < -0.4 is 10.6 Å². The van der Waals surface area contributed by atoms with E-state index in [-0.39, 0.29) is 5.91 Å². The van der Waals surface area contributed by atoms with E-state index < -0.39 is 0 Å². The number of amides is 1. The van der Waals surface area contributed by atoms with Crippen LogP contribution in [-0.2, 0) is 6.54 Å². The molecule has 0 aliphatic rings. The second-order valence-electron chi connectivity index (χ2n) is 4.31. The summed E-state index contributed by atoms with van der Waals surface area (Å²) in [5.41, 5.74) is 2.31. The lowest BCUT2D eigenvalue weighted by Crippen LogP contribution is -2.12. The van der Waals surface area contributed by atoms with Crippen LogP contribution in [0.3, 0.4) is 0 Å². The van der Waals surface area contributed by atoms with E-state index in [1.54, 1.807) is 18.2 Å². The van der Waals surface area contributed by atoms with Gasteiger partial charge in [-0.05, 0) is 42.9 Å². The van der Waals surface area contributed by atoms with Gasteiger partial charge in [-0.25, -0.2) is 0 Å². The molecule has 0 heterocycles. The van der Waals surface area contributed by atoms with Crippen LogP contribution in [0.15, 0.2) is 42.5 Å². The molecule has 0 fully saturated rings. The zero-order valence-corrected chi connectivity index (χ0v) is 12.4. The maximum atomic E-state index is 12.1. The highest BCUT2D eigenvalue weighted by atomic mass is 35.5. The summed E-state index contributed by atoms with van der Waals surface area (Å²) in [5.74, 6) is -0.217. The highest BCUT2D eigenvalue weighted by Gasteiger charge is 2.08. The predicted molar refractivity (Wildman–Crippen MR) is 83.6 cm³/mol. The van der Waals surface area contributed by atoms with Gasteiger partial charge in [-0.3, -0.25) is 4.79 Å². The van der Waals surface area contributed by atoms with Crippen LogP contribution in [0.1, 0.15) is 15.9 Å². The van der Waals surface area contributed by atoms with Crippen molar-refractivity contribution in [2.24, 2.45) is 0 Å². The Morgan fingerprint density at radius 2 is 1.90 bits per heavy atom. The molecule has 1 amide bonds. The molecular weight excluding hydrogens is 295 g/mol. The summed E-state index contributed by atoms with van der Waals surface area (Å²) >= 11 is 11.7. The largest absolute Gasteiger partial charge is 0.322 e. The van der Waals surface area contributed by atoms with Gasteiger partial charge in [0.05, 0.1) is 10.0 Å². The van der Waals surface area contributed by atoms with Gasteiger partial charge in [-0.15, -0.1) is 0 Å². The molecule has 2 aromatic carbocycles. The number of carbonyl (C=O) groups is 1. The minimum atomic E-state index is -0.217. The molecule has 0 aliphatic heterocycles. The lowest BCUT2D eigenvalue weighted by molar-refractivity contribution is 0.102. The summed E-state index contributed by atoms with van der Waals surface area (Å²) in [6, 6.07) is 12.5. The SMILES string of the molecule is CNCc1cccc(NC(=O)c2ccc(Cl)c(Cl)c2)c1. The normalized spacial score (nSPS) is 10.3. The van der Waals surface area contributed by atoms with E-state index in [2.05, 4.69) is 10.6 Å². The molecule has 2 N–H and O–H groups in total. The number of rotatable bonds is 4. The van der Waals surface area contributed by atoms with Crippen molar-refractivity contribution >= 4 is 34.8 Å².